The highest BCUT2D eigenvalue weighted by atomic mass is 16.5. The summed E-state index contributed by atoms with van der Waals surface area (Å²) in [6.07, 6.45) is 2.04. The highest BCUT2D eigenvalue weighted by Gasteiger charge is 2.13. The van der Waals surface area contributed by atoms with E-state index in [2.05, 4.69) is 26.1 Å². The lowest BCUT2D eigenvalue weighted by Gasteiger charge is -2.21. The van der Waals surface area contributed by atoms with Crippen molar-refractivity contribution in [3.63, 3.8) is 0 Å². The van der Waals surface area contributed by atoms with Crippen molar-refractivity contribution in [1.82, 2.24) is 5.32 Å². The van der Waals surface area contributed by atoms with Crippen molar-refractivity contribution in [3.05, 3.63) is 29.8 Å². The molecule has 3 nitrogen and oxygen atoms in total. The van der Waals surface area contributed by atoms with Gasteiger partial charge in [0.25, 0.3) is 0 Å². The van der Waals surface area contributed by atoms with Gasteiger partial charge in [-0.15, -0.1) is 0 Å². The Labute approximate surface area is 110 Å². The summed E-state index contributed by atoms with van der Waals surface area (Å²) in [6.45, 7) is 7.17. The Morgan fingerprint density at radius 2 is 2.11 bits per heavy atom. The van der Waals surface area contributed by atoms with Gasteiger partial charge in [0.15, 0.2) is 0 Å². The van der Waals surface area contributed by atoms with E-state index in [-0.39, 0.29) is 12.6 Å². The van der Waals surface area contributed by atoms with E-state index in [9.17, 15) is 5.11 Å². The smallest absolute Gasteiger partial charge is 0.119 e. The second-order valence-corrected chi connectivity index (χ2v) is 4.63. The molecule has 0 saturated carbocycles. The van der Waals surface area contributed by atoms with Crippen LogP contribution in [-0.4, -0.2) is 24.4 Å². The predicted octanol–water partition coefficient (Wildman–Crippen LogP) is 2.90. The quantitative estimate of drug-likeness (QED) is 0.746. The molecule has 102 valence electrons. The van der Waals surface area contributed by atoms with E-state index in [0.717, 1.165) is 30.8 Å². The van der Waals surface area contributed by atoms with Crippen LogP contribution in [0.25, 0.3) is 0 Å². The molecule has 0 aliphatic heterocycles. The first-order valence-electron chi connectivity index (χ1n) is 6.80. The predicted molar refractivity (Wildman–Crippen MR) is 74.9 cm³/mol. The molecule has 3 heteroatoms. The number of benzene rings is 1. The van der Waals surface area contributed by atoms with Crippen LogP contribution in [-0.2, 0) is 0 Å². The molecule has 1 aromatic rings. The van der Waals surface area contributed by atoms with Crippen LogP contribution in [0.1, 0.15) is 45.2 Å². The third kappa shape index (κ3) is 4.67. The van der Waals surface area contributed by atoms with Crippen molar-refractivity contribution in [2.24, 2.45) is 0 Å². The third-order valence-electron chi connectivity index (χ3n) is 3.01. The van der Waals surface area contributed by atoms with Crippen LogP contribution in [0, 0.1) is 0 Å². The molecule has 0 spiro atoms. The lowest BCUT2D eigenvalue weighted by atomic mass is 10.1. The van der Waals surface area contributed by atoms with Gasteiger partial charge < -0.3 is 15.2 Å². The van der Waals surface area contributed by atoms with Gasteiger partial charge in [-0.1, -0.05) is 26.0 Å². The van der Waals surface area contributed by atoms with Gasteiger partial charge >= 0.3 is 0 Å². The van der Waals surface area contributed by atoms with Crippen LogP contribution >= 0.6 is 0 Å². The first kappa shape index (κ1) is 15.0. The summed E-state index contributed by atoms with van der Waals surface area (Å²) in [6, 6.07) is 8.33. The molecular formula is C15H25NO2. The molecule has 0 amide bonds. The maximum absolute atomic E-state index is 9.49. The molecule has 0 aliphatic carbocycles. The number of nitrogens with one attached hydrogen (secondary N) is 1. The minimum Gasteiger partial charge on any atom is -0.494 e. The van der Waals surface area contributed by atoms with Gasteiger partial charge in [-0.3, -0.25) is 0 Å². The van der Waals surface area contributed by atoms with E-state index >= 15 is 0 Å². The first-order chi connectivity index (χ1) is 8.71. The zero-order valence-electron chi connectivity index (χ0n) is 11.6. The molecule has 0 saturated heterocycles. The van der Waals surface area contributed by atoms with Gasteiger partial charge in [0.05, 0.1) is 19.3 Å². The summed E-state index contributed by atoms with van der Waals surface area (Å²) in [5.41, 5.74) is 1.08. The van der Waals surface area contributed by atoms with E-state index in [0.29, 0.717) is 6.04 Å². The molecule has 2 atom stereocenters. The van der Waals surface area contributed by atoms with Crippen LogP contribution in [0.15, 0.2) is 24.3 Å². The fraction of sp³-hybridized carbons (Fsp3) is 0.600. The van der Waals surface area contributed by atoms with Crippen molar-refractivity contribution in [2.45, 2.75) is 45.7 Å². The van der Waals surface area contributed by atoms with E-state index in [1.165, 1.54) is 0 Å². The molecule has 0 heterocycles. The summed E-state index contributed by atoms with van der Waals surface area (Å²) >= 11 is 0. The van der Waals surface area contributed by atoms with E-state index < -0.39 is 0 Å². The number of aliphatic hydroxyl groups is 1. The van der Waals surface area contributed by atoms with Crippen LogP contribution in [0.5, 0.6) is 5.75 Å². The number of rotatable bonds is 8. The molecule has 1 rings (SSSR count). The number of aliphatic hydroxyl groups excluding tert-OH is 1. The second-order valence-electron chi connectivity index (χ2n) is 4.63. The van der Waals surface area contributed by atoms with Crippen LogP contribution in [0.3, 0.4) is 0 Å². The van der Waals surface area contributed by atoms with E-state index in [1.54, 1.807) is 0 Å². The Morgan fingerprint density at radius 1 is 1.33 bits per heavy atom. The zero-order valence-corrected chi connectivity index (χ0v) is 11.6. The van der Waals surface area contributed by atoms with Gasteiger partial charge in [0.2, 0.25) is 0 Å². The molecule has 18 heavy (non-hydrogen) atoms. The Hall–Kier alpha value is -1.06. The lowest BCUT2D eigenvalue weighted by Crippen LogP contribution is -2.32. The van der Waals surface area contributed by atoms with Gasteiger partial charge in [-0.25, -0.2) is 0 Å². The van der Waals surface area contributed by atoms with Gasteiger partial charge in [-0.05, 0) is 37.5 Å². The molecule has 2 N–H and O–H groups in total. The van der Waals surface area contributed by atoms with Crippen molar-refractivity contribution in [3.8, 4) is 5.75 Å². The molecule has 0 aliphatic rings. The zero-order chi connectivity index (χ0) is 13.4. The molecule has 0 radical (unpaired) electrons. The molecule has 2 unspecified atom stereocenters. The average molecular weight is 251 g/mol. The minimum absolute atomic E-state index is 0.0230. The standard InChI is InChI=1S/C15H25NO2/c1-4-9-18-14-8-6-7-13(10-14)15(11-17)16-12(3)5-2/h6-8,10,12,15-17H,4-5,9,11H2,1-3H3. The van der Waals surface area contributed by atoms with Crippen molar-refractivity contribution < 1.29 is 9.84 Å². The van der Waals surface area contributed by atoms with Gasteiger partial charge in [0, 0.05) is 6.04 Å². The SMILES string of the molecule is CCCOc1cccc(C(CO)NC(C)CC)c1. The second kappa shape index (κ2) is 8.11. The molecule has 0 fully saturated rings. The Morgan fingerprint density at radius 3 is 2.72 bits per heavy atom. The normalized spacial score (nSPS) is 14.2. The van der Waals surface area contributed by atoms with Gasteiger partial charge in [0.1, 0.15) is 5.75 Å². The van der Waals surface area contributed by atoms with Gasteiger partial charge in [-0.2, -0.15) is 0 Å². The fourth-order valence-electron chi connectivity index (χ4n) is 1.76. The summed E-state index contributed by atoms with van der Waals surface area (Å²) in [7, 11) is 0. The molecule has 0 bridgehead atoms. The van der Waals surface area contributed by atoms with Crippen LogP contribution < -0.4 is 10.1 Å². The number of hydrogen-bond donors (Lipinski definition) is 2. The summed E-state index contributed by atoms with van der Waals surface area (Å²) in [5.74, 6) is 0.874. The lowest BCUT2D eigenvalue weighted by molar-refractivity contribution is 0.233. The van der Waals surface area contributed by atoms with Crippen molar-refractivity contribution in [1.29, 1.82) is 0 Å². The maximum atomic E-state index is 9.49. The van der Waals surface area contributed by atoms with Crippen molar-refractivity contribution >= 4 is 0 Å². The average Bonchev–Trinajstić information content (AvgIpc) is 2.42. The Balaban J connectivity index is 2.72. The monoisotopic (exact) mass is 251 g/mol. The minimum atomic E-state index is -0.0230. The van der Waals surface area contributed by atoms with Crippen LogP contribution in [0.2, 0.25) is 0 Å². The van der Waals surface area contributed by atoms with E-state index in [1.807, 2.05) is 24.3 Å². The Kier molecular flexibility index (Phi) is 6.76. The first-order valence-corrected chi connectivity index (χ1v) is 6.80. The summed E-state index contributed by atoms with van der Waals surface area (Å²) in [5, 5.41) is 12.9. The van der Waals surface area contributed by atoms with E-state index in [4.69, 9.17) is 4.74 Å². The Bertz CT molecular complexity index is 341. The topological polar surface area (TPSA) is 41.5 Å². The number of hydrogen-bond acceptors (Lipinski definition) is 3. The fourth-order valence-corrected chi connectivity index (χ4v) is 1.76. The highest BCUT2D eigenvalue weighted by Crippen LogP contribution is 2.20. The third-order valence-corrected chi connectivity index (χ3v) is 3.01. The highest BCUT2D eigenvalue weighted by molar-refractivity contribution is 5.30. The maximum Gasteiger partial charge on any atom is 0.119 e. The largest absolute Gasteiger partial charge is 0.494 e. The summed E-state index contributed by atoms with van der Waals surface area (Å²) in [4.78, 5) is 0. The molecule has 0 aromatic heterocycles. The molecule has 1 aromatic carbocycles. The van der Waals surface area contributed by atoms with Crippen LogP contribution in [0.4, 0.5) is 0 Å². The van der Waals surface area contributed by atoms with Crippen molar-refractivity contribution in [2.75, 3.05) is 13.2 Å². The number of ether oxygens (including phenoxy) is 1. The summed E-state index contributed by atoms with van der Waals surface area (Å²) < 4.78 is 5.61. The molecular weight excluding hydrogens is 226 g/mol.